The van der Waals surface area contributed by atoms with Crippen LogP contribution in [0.3, 0.4) is 0 Å². The van der Waals surface area contributed by atoms with Crippen molar-refractivity contribution in [2.45, 2.75) is 6.10 Å². The number of methoxy groups -OCH3 is 1. The van der Waals surface area contributed by atoms with Gasteiger partial charge in [0.05, 0.1) is 11.5 Å². The highest BCUT2D eigenvalue weighted by Gasteiger charge is 2.49. The normalized spacial score (nSPS) is 16.5. The molecule has 1 heterocycles. The van der Waals surface area contributed by atoms with Gasteiger partial charge in [0.2, 0.25) is 11.8 Å². The Morgan fingerprint density at radius 2 is 1.65 bits per heavy atom. The van der Waals surface area contributed by atoms with Gasteiger partial charge in [0.15, 0.2) is 17.0 Å². The van der Waals surface area contributed by atoms with Crippen molar-refractivity contribution in [2.24, 2.45) is 5.41 Å². The summed E-state index contributed by atoms with van der Waals surface area (Å²) in [5.74, 6) is -2.08. The molecule has 0 saturated heterocycles. The number of benzene rings is 2. The van der Waals surface area contributed by atoms with Crippen LogP contribution in [-0.2, 0) is 14.3 Å². The van der Waals surface area contributed by atoms with Gasteiger partial charge >= 0.3 is 0 Å². The number of nitrogens with zero attached hydrogens (tertiary/aromatic N) is 1. The number of amides is 2. The smallest absolute Gasteiger partial charge is 0.247 e. The topological polar surface area (TPSA) is 89.6 Å². The van der Waals surface area contributed by atoms with Crippen molar-refractivity contribution in [1.82, 2.24) is 4.98 Å². The van der Waals surface area contributed by atoms with Crippen LogP contribution < -0.4 is 25.9 Å². The first kappa shape index (κ1) is 24.1. The molecule has 2 aliphatic rings. The molecule has 3 aromatic rings. The molecule has 0 radical (unpaired) electrons. The standard InChI is InChI=1S/C28H21F2N3O4/c1-36-20-3-2-4-23-21(16-20)24(11-14-31-23)37-25-10-9-19(15-22(25)30)33-27(35)28(12-13-28)26(34)32-18-7-5-17(29)6-8-18/h2-16,20H,1H3,(H,32,34)(H,33,35). The molecule has 0 saturated carbocycles. The Hall–Kier alpha value is -4.63. The number of hydrogen-bond donors (Lipinski definition) is 2. The van der Waals surface area contributed by atoms with Crippen LogP contribution in [-0.4, -0.2) is 30.0 Å². The lowest BCUT2D eigenvalue weighted by Crippen LogP contribution is -2.37. The average Bonchev–Trinajstić information content (AvgIpc) is 3.72. The molecule has 7 nitrogen and oxygen atoms in total. The lowest BCUT2D eigenvalue weighted by Gasteiger charge is -2.16. The number of fused-ring (bicyclic) bond motifs is 1. The summed E-state index contributed by atoms with van der Waals surface area (Å²) < 4.78 is 39.3. The van der Waals surface area contributed by atoms with Gasteiger partial charge in [-0.1, -0.05) is 24.3 Å². The predicted octanol–water partition coefficient (Wildman–Crippen LogP) is 3.43. The molecule has 1 unspecified atom stereocenters. The fourth-order valence-corrected chi connectivity index (χ4v) is 3.75. The minimum atomic E-state index is -1.51. The van der Waals surface area contributed by atoms with E-state index in [0.717, 1.165) is 6.07 Å². The van der Waals surface area contributed by atoms with Crippen LogP contribution in [0.1, 0.15) is 0 Å². The van der Waals surface area contributed by atoms with Crippen LogP contribution in [0, 0.1) is 17.0 Å². The molecule has 1 atom stereocenters. The van der Waals surface area contributed by atoms with Gasteiger partial charge < -0.3 is 20.1 Å². The van der Waals surface area contributed by atoms with E-state index in [2.05, 4.69) is 15.6 Å². The van der Waals surface area contributed by atoms with Crippen molar-refractivity contribution in [2.75, 3.05) is 17.7 Å². The molecule has 1 aromatic heterocycles. The summed E-state index contributed by atoms with van der Waals surface area (Å²) in [6.45, 7) is 0. The molecular weight excluding hydrogens is 480 g/mol. The second-order valence-electron chi connectivity index (χ2n) is 8.39. The number of aromatic nitrogens is 1. The van der Waals surface area contributed by atoms with Gasteiger partial charge in [-0.15, -0.1) is 0 Å². The van der Waals surface area contributed by atoms with E-state index in [1.807, 2.05) is 18.2 Å². The van der Waals surface area contributed by atoms with Gasteiger partial charge in [0.1, 0.15) is 11.6 Å². The van der Waals surface area contributed by atoms with E-state index in [1.54, 1.807) is 25.4 Å². The predicted molar refractivity (Wildman–Crippen MR) is 134 cm³/mol. The van der Waals surface area contributed by atoms with Crippen molar-refractivity contribution in [1.29, 1.82) is 0 Å². The molecular formula is C28H21F2N3O4. The first-order valence-corrected chi connectivity index (χ1v) is 11.3. The van der Waals surface area contributed by atoms with E-state index in [9.17, 15) is 18.4 Å². The van der Waals surface area contributed by atoms with Crippen molar-refractivity contribution in [3.05, 3.63) is 101 Å². The zero-order valence-corrected chi connectivity index (χ0v) is 19.6. The third-order valence-electron chi connectivity index (χ3n) is 5.90. The minimum absolute atomic E-state index is 0.0562. The Morgan fingerprint density at radius 3 is 2.32 bits per heavy atom. The maximum Gasteiger partial charge on any atom is 0.247 e. The van der Waals surface area contributed by atoms with Gasteiger partial charge in [-0.05, 0) is 54.6 Å². The zero-order chi connectivity index (χ0) is 26.0. The fraction of sp³-hybridized carbons (Fsp3) is 0.107. The van der Waals surface area contributed by atoms with E-state index < -0.39 is 28.9 Å². The lowest BCUT2D eigenvalue weighted by molar-refractivity contribution is -0.129. The van der Waals surface area contributed by atoms with Crippen LogP contribution >= 0.6 is 0 Å². The molecule has 37 heavy (non-hydrogen) atoms. The number of allylic oxidation sites excluding steroid dienone is 1. The van der Waals surface area contributed by atoms with E-state index >= 15 is 0 Å². The number of nitrogens with one attached hydrogen (secondary N) is 2. The van der Waals surface area contributed by atoms with Gasteiger partial charge in [-0.3, -0.25) is 14.6 Å². The first-order chi connectivity index (χ1) is 17.9. The first-order valence-electron chi connectivity index (χ1n) is 11.3. The number of carbonyl (C=O) groups is 2. The number of pyridine rings is 1. The number of ether oxygens (including phenoxy) is 2. The molecule has 0 bridgehead atoms. The third-order valence-corrected chi connectivity index (χ3v) is 5.90. The molecule has 2 N–H and O–H groups in total. The van der Waals surface area contributed by atoms with Gasteiger partial charge in [0, 0.05) is 36.0 Å². The van der Waals surface area contributed by atoms with Crippen molar-refractivity contribution in [3.8, 4) is 11.5 Å². The Morgan fingerprint density at radius 1 is 0.946 bits per heavy atom. The summed E-state index contributed by atoms with van der Waals surface area (Å²) in [7, 11) is 1.58. The monoisotopic (exact) mass is 501 g/mol. The van der Waals surface area contributed by atoms with Gasteiger partial charge in [-0.25, -0.2) is 8.78 Å². The number of halogens is 2. The second kappa shape index (κ2) is 9.79. The summed E-state index contributed by atoms with van der Waals surface area (Å²) in [5.41, 5.74) is -1.02. The molecule has 0 fully saturated rings. The zero-order valence-electron chi connectivity index (χ0n) is 19.6. The molecule has 2 aromatic carbocycles. The van der Waals surface area contributed by atoms with Crippen LogP contribution in [0.2, 0.25) is 0 Å². The molecule has 186 valence electrons. The largest absolute Gasteiger partial charge is 0.454 e. The fourth-order valence-electron chi connectivity index (χ4n) is 3.75. The Balaban J connectivity index is 1.30. The average molecular weight is 501 g/mol. The molecule has 5 rings (SSSR count). The highest BCUT2D eigenvalue weighted by Crippen LogP contribution is 2.38. The number of rotatable bonds is 7. The van der Waals surface area contributed by atoms with E-state index in [-0.39, 0.29) is 17.5 Å². The summed E-state index contributed by atoms with van der Waals surface area (Å²) in [5, 5.41) is 6.45. The third kappa shape index (κ3) is 5.03. The Bertz CT molecular complexity index is 1560. The number of anilines is 2. The maximum atomic E-state index is 15.0. The lowest BCUT2D eigenvalue weighted by atomic mass is 10.0. The summed E-state index contributed by atoms with van der Waals surface area (Å²) in [4.78, 5) is 29.8. The summed E-state index contributed by atoms with van der Waals surface area (Å²) >= 11 is 0. The van der Waals surface area contributed by atoms with Crippen LogP contribution in [0.5, 0.6) is 11.5 Å². The van der Waals surface area contributed by atoms with Crippen molar-refractivity contribution in [3.63, 3.8) is 0 Å². The number of carbonyl (C=O) groups excluding carboxylic acids is 2. The maximum absolute atomic E-state index is 15.0. The second-order valence-corrected chi connectivity index (χ2v) is 8.39. The van der Waals surface area contributed by atoms with E-state index in [0.29, 0.717) is 22.0 Å². The Labute approximate surface area is 210 Å². The molecule has 2 aliphatic carbocycles. The van der Waals surface area contributed by atoms with Gasteiger partial charge in [0.25, 0.3) is 0 Å². The molecule has 0 aliphatic heterocycles. The highest BCUT2D eigenvalue weighted by atomic mass is 19.1. The van der Waals surface area contributed by atoms with Crippen molar-refractivity contribution >= 4 is 35.3 Å². The summed E-state index contributed by atoms with van der Waals surface area (Å²) in [6.07, 6.45) is 11.4. The van der Waals surface area contributed by atoms with Crippen molar-refractivity contribution < 1.29 is 27.8 Å². The van der Waals surface area contributed by atoms with Gasteiger partial charge in [-0.2, -0.15) is 0 Å². The number of hydrogen-bond acceptors (Lipinski definition) is 5. The molecule has 2 amide bonds. The SMILES string of the molecule is COC1C=CC=c2nccc(Oc3ccc(NC(=O)C4(C(=O)Nc5ccc(F)cc5)C=C4)cc3F)c2=C1. The minimum Gasteiger partial charge on any atom is -0.454 e. The summed E-state index contributed by atoms with van der Waals surface area (Å²) in [6, 6.07) is 10.8. The Kier molecular flexibility index (Phi) is 6.37. The quantitative estimate of drug-likeness (QED) is 0.383. The van der Waals surface area contributed by atoms with E-state index in [1.165, 1.54) is 48.6 Å². The molecule has 0 spiro atoms. The van der Waals surface area contributed by atoms with E-state index in [4.69, 9.17) is 9.47 Å². The van der Waals surface area contributed by atoms with Crippen LogP contribution in [0.15, 0.2) is 79.0 Å². The molecule has 9 heteroatoms. The van der Waals surface area contributed by atoms with Crippen LogP contribution in [0.4, 0.5) is 20.2 Å². The highest BCUT2D eigenvalue weighted by molar-refractivity contribution is 6.21. The van der Waals surface area contributed by atoms with Crippen LogP contribution in [0.25, 0.3) is 12.2 Å².